The molecule has 31 heteroatoms. The summed E-state index contributed by atoms with van der Waals surface area (Å²) in [5.74, 6) is -4.11. The molecule has 0 unspecified atom stereocenters. The summed E-state index contributed by atoms with van der Waals surface area (Å²) in [6.07, 6.45) is 10.1. The predicted octanol–water partition coefficient (Wildman–Crippen LogP) is 5.42. The number of ether oxygens (including phenoxy) is 2. The molecule has 9 N–H and O–H groups in total. The third-order valence-electron chi connectivity index (χ3n) is 20.8. The van der Waals surface area contributed by atoms with Gasteiger partial charge in [0, 0.05) is 36.0 Å². The second-order valence-electron chi connectivity index (χ2n) is 27.2. The Labute approximate surface area is 570 Å². The first kappa shape index (κ1) is 71.0. The normalized spacial score (nSPS) is 27.8. The summed E-state index contributed by atoms with van der Waals surface area (Å²) in [7, 11) is -7.67. The van der Waals surface area contributed by atoms with Crippen molar-refractivity contribution in [2.45, 2.75) is 226 Å². The lowest BCUT2D eigenvalue weighted by Gasteiger charge is -2.35. The van der Waals surface area contributed by atoms with Gasteiger partial charge in [0.25, 0.3) is 11.8 Å². The first-order chi connectivity index (χ1) is 44.3. The number of benzene rings is 2. The summed E-state index contributed by atoms with van der Waals surface area (Å²) < 4.78 is 66.5. The largest absolute Gasteiger partial charge is 0.444 e. The summed E-state index contributed by atoms with van der Waals surface area (Å²) in [5.41, 5.74) is 13.1. The van der Waals surface area contributed by atoms with E-state index in [0.29, 0.717) is 74.6 Å². The number of nitrogens with two attached hydrogens (primary N) is 2. The van der Waals surface area contributed by atoms with Gasteiger partial charge in [0.15, 0.2) is 5.11 Å². The number of sulfonamides is 2. The first-order valence-corrected chi connectivity index (χ1v) is 37.1. The molecule has 0 bridgehead atoms. The van der Waals surface area contributed by atoms with Crippen LogP contribution in [0.3, 0.4) is 0 Å². The molecule has 10 aliphatic rings. The van der Waals surface area contributed by atoms with E-state index in [1.165, 1.54) is 19.6 Å². The van der Waals surface area contributed by atoms with Gasteiger partial charge in [-0.05, 0) is 134 Å². The first-order valence-electron chi connectivity index (χ1n) is 32.9. The Morgan fingerprint density at radius 3 is 1.38 bits per heavy atom. The lowest BCUT2D eigenvalue weighted by atomic mass is 9.83. The molecular weight excluding hydrogens is 1340 g/mol. The van der Waals surface area contributed by atoms with E-state index in [4.69, 9.17) is 56.4 Å². The maximum absolute atomic E-state index is 14.3. The molecule has 0 radical (unpaired) electrons. The van der Waals surface area contributed by atoms with Crippen LogP contribution in [0.15, 0.2) is 36.4 Å². The molecule has 4 aliphatic heterocycles. The van der Waals surface area contributed by atoms with E-state index < -0.39 is 126 Å². The number of carbonyl (C=O) groups excluding carboxylic acids is 8. The molecule has 94 heavy (non-hydrogen) atoms. The summed E-state index contributed by atoms with van der Waals surface area (Å²) in [4.78, 5) is 115. The zero-order valence-electron chi connectivity index (χ0n) is 52.8. The molecule has 10 atom stereocenters. The van der Waals surface area contributed by atoms with E-state index >= 15 is 0 Å². The molecule has 25 nitrogen and oxygen atoms in total. The van der Waals surface area contributed by atoms with Crippen molar-refractivity contribution in [3.8, 4) is 0 Å². The van der Waals surface area contributed by atoms with Crippen molar-refractivity contribution in [3.05, 3.63) is 68.7 Å². The quantitative estimate of drug-likeness (QED) is 0.0863. The minimum atomic E-state index is -3.85. The van der Waals surface area contributed by atoms with E-state index in [-0.39, 0.29) is 80.1 Å². The summed E-state index contributed by atoms with van der Waals surface area (Å²) in [5, 5.41) is 8.53. The number of nitrogens with one attached hydrogen (secondary N) is 5. The Kier molecular flexibility index (Phi) is 21.7. The SMILES string of the molecule is CC[C@@H]1C[C@]1(NC(=O)[C@@H]1C[C@@H](OC(=O)N2Cc3cccc(Cl)c3C2)CN1C(=O)[C@@H](N)C1CCCCC1)C(=O)NS(=O)(=O)C1CC1.CC[C@@H]1C[C@]1(NC(=O)[C@@H]1C[C@@H](OC(=O)N2Cc3cccc(Cl)c3C2)CN1C(=O)[C@@H](NC(N)=S)C1CCCCC1)C(=O)NS(=O)(=O)C1CC1.Cl. The van der Waals surface area contributed by atoms with Gasteiger partial charge >= 0.3 is 12.2 Å². The van der Waals surface area contributed by atoms with Gasteiger partial charge in [-0.2, -0.15) is 0 Å². The van der Waals surface area contributed by atoms with Crippen LogP contribution in [0.4, 0.5) is 9.59 Å². The highest BCUT2D eigenvalue weighted by atomic mass is 35.5. The van der Waals surface area contributed by atoms with Crippen molar-refractivity contribution in [2.75, 3.05) is 13.1 Å². The van der Waals surface area contributed by atoms with Crippen LogP contribution in [-0.4, -0.2) is 160 Å². The zero-order valence-corrected chi connectivity index (χ0v) is 57.6. The number of fused-ring (bicyclic) bond motifs is 2. The standard InChI is InChI=1S/C32H43ClN6O7S2.C31H42ClN5O7S.ClH/c1-2-20-14-32(20,29(42)37-48(44,45)22-11-12-22)36-27(40)25-13-21(46-31(43)38-15-19-9-6-10-24(33)23(19)17-38)16-39(25)28(41)26(35-30(34)47)18-7-4-3-5-8-18;1-2-20-14-31(20,29(40)35-45(42,43)22-11-12-22)34-27(38)25-13-21(16-37(25)28(39)26(33)18-7-4-3-5-8-18)44-30(41)36-15-19-9-6-10-24(32)23(19)17-36;/h6,9-10,18,20-22,25-26H,2-5,7-8,11-17H2,1H3,(H,36,40)(H,37,42)(H3,34,35,47);6,9-10,18,20-22,25-26H,2-5,7-8,11-17,33H2,1H3,(H,34,38)(H,35,40);1H/t20-,21-,25+,26+,32-;20-,21-,25+,26+,31-;/m11./s1. The Morgan fingerprint density at radius 1 is 0.606 bits per heavy atom. The van der Waals surface area contributed by atoms with Gasteiger partial charge in [-0.15, -0.1) is 12.4 Å². The van der Waals surface area contributed by atoms with Crippen LogP contribution in [0, 0.1) is 23.7 Å². The molecule has 4 heterocycles. The zero-order chi connectivity index (χ0) is 66.5. The van der Waals surface area contributed by atoms with Gasteiger partial charge in [-0.3, -0.25) is 48.0 Å². The number of rotatable bonds is 19. The fraction of sp³-hybridized carbons (Fsp3) is 0.667. The van der Waals surface area contributed by atoms with Crippen LogP contribution in [-0.2, 0) is 84.5 Å². The number of nitrogens with zero attached hydrogens (tertiary/aromatic N) is 4. The fourth-order valence-electron chi connectivity index (χ4n) is 14.9. The molecule has 0 spiro atoms. The smallest absolute Gasteiger partial charge is 0.410 e. The molecule has 12 rings (SSSR count). The number of halogens is 3. The van der Waals surface area contributed by atoms with Crippen LogP contribution >= 0.6 is 47.8 Å². The number of hydrogen-bond donors (Lipinski definition) is 7. The van der Waals surface area contributed by atoms with E-state index in [2.05, 4.69) is 25.4 Å². The predicted molar refractivity (Wildman–Crippen MR) is 353 cm³/mol. The van der Waals surface area contributed by atoms with Gasteiger partial charge in [0.2, 0.25) is 43.7 Å². The molecule has 8 fully saturated rings. The Hall–Kier alpha value is -5.78. The van der Waals surface area contributed by atoms with Crippen molar-refractivity contribution < 1.29 is 64.7 Å². The third-order valence-corrected chi connectivity index (χ3v) is 25.3. The monoisotopic (exact) mass is 1420 g/mol. The summed E-state index contributed by atoms with van der Waals surface area (Å²) >= 11 is 17.8. The molecule has 516 valence electrons. The maximum atomic E-state index is 14.3. The van der Waals surface area contributed by atoms with Crippen molar-refractivity contribution >= 4 is 121 Å². The molecule has 6 saturated carbocycles. The average molecular weight is 1420 g/mol. The molecule has 0 aromatic heterocycles. The van der Waals surface area contributed by atoms with E-state index in [0.717, 1.165) is 86.5 Å². The highest BCUT2D eigenvalue weighted by molar-refractivity contribution is 7.91. The van der Waals surface area contributed by atoms with Crippen molar-refractivity contribution in [2.24, 2.45) is 35.1 Å². The Balaban J connectivity index is 0.000000203. The second kappa shape index (κ2) is 28.7. The average Bonchev–Trinajstić information content (AvgIpc) is 1.58. The Morgan fingerprint density at radius 2 is 1.01 bits per heavy atom. The highest BCUT2D eigenvalue weighted by Gasteiger charge is 2.64. The van der Waals surface area contributed by atoms with Gasteiger partial charge in [0.1, 0.15) is 41.4 Å². The molecule has 2 saturated heterocycles. The minimum Gasteiger partial charge on any atom is -0.444 e. The maximum Gasteiger partial charge on any atom is 0.410 e. The summed E-state index contributed by atoms with van der Waals surface area (Å²) in [6.45, 7) is 4.87. The van der Waals surface area contributed by atoms with Gasteiger partial charge in [0.05, 0.1) is 42.7 Å². The number of hydrogen-bond acceptors (Lipinski definition) is 16. The minimum absolute atomic E-state index is 0. The fourth-order valence-corrected chi connectivity index (χ4v) is 18.2. The number of carbonyl (C=O) groups is 8. The second-order valence-corrected chi connectivity index (χ2v) is 32.3. The number of amides is 8. The van der Waals surface area contributed by atoms with Crippen LogP contribution in [0.25, 0.3) is 0 Å². The number of likely N-dealkylation sites (tertiary alicyclic amines) is 2. The molecule has 6 aliphatic carbocycles. The van der Waals surface area contributed by atoms with Crippen LogP contribution in [0.2, 0.25) is 10.0 Å². The topological polar surface area (TPSA) is 348 Å². The van der Waals surface area contributed by atoms with E-state index in [9.17, 15) is 55.2 Å². The highest BCUT2D eigenvalue weighted by Crippen LogP contribution is 2.49. The van der Waals surface area contributed by atoms with E-state index in [1.54, 1.807) is 12.1 Å². The van der Waals surface area contributed by atoms with Crippen molar-refractivity contribution in [3.63, 3.8) is 0 Å². The van der Waals surface area contributed by atoms with Crippen LogP contribution in [0.5, 0.6) is 0 Å². The van der Waals surface area contributed by atoms with Gasteiger partial charge in [-0.1, -0.05) is 113 Å². The Bertz CT molecular complexity index is 3540. The third kappa shape index (κ3) is 15.3. The van der Waals surface area contributed by atoms with E-state index in [1.807, 2.05) is 38.1 Å². The molecule has 2 aromatic carbocycles. The van der Waals surface area contributed by atoms with Crippen LogP contribution in [0.1, 0.15) is 165 Å². The lowest BCUT2D eigenvalue weighted by molar-refractivity contribution is -0.142. The van der Waals surface area contributed by atoms with Crippen molar-refractivity contribution in [1.29, 1.82) is 0 Å². The van der Waals surface area contributed by atoms with Gasteiger partial charge < -0.3 is 46.7 Å². The van der Waals surface area contributed by atoms with Crippen molar-refractivity contribution in [1.82, 2.24) is 45.0 Å². The molecule has 2 aromatic rings. The molecular formula is C63H86Cl3N11O14S3. The van der Waals surface area contributed by atoms with Crippen LogP contribution < -0.4 is 36.9 Å². The molecule has 8 amide bonds. The summed E-state index contributed by atoms with van der Waals surface area (Å²) in [6, 6.07) is 7.25. The number of thiocarbonyl (C=S) groups is 1. The van der Waals surface area contributed by atoms with Gasteiger partial charge in [-0.25, -0.2) is 26.4 Å². The lowest BCUT2D eigenvalue weighted by Crippen LogP contribution is -2.59.